The van der Waals surface area contributed by atoms with E-state index in [4.69, 9.17) is 5.73 Å². The lowest BCUT2D eigenvalue weighted by molar-refractivity contribution is -0.118. The van der Waals surface area contributed by atoms with Gasteiger partial charge in [-0.1, -0.05) is 18.7 Å². The molecule has 0 bridgehead atoms. The van der Waals surface area contributed by atoms with Crippen LogP contribution in [-0.2, 0) is 4.79 Å². The molecular weight excluding hydrogens is 152 g/mol. The minimum atomic E-state index is -0.136. The molecular formula is C9H14N2O. The van der Waals surface area contributed by atoms with Crippen LogP contribution in [0.25, 0.3) is 0 Å². The van der Waals surface area contributed by atoms with Gasteiger partial charge in [0.25, 0.3) is 0 Å². The molecule has 0 aromatic heterocycles. The Labute approximate surface area is 72.6 Å². The lowest BCUT2D eigenvalue weighted by Gasteiger charge is -2.04. The number of carbonyl (C=O) groups is 1. The average molecular weight is 166 g/mol. The zero-order valence-electron chi connectivity index (χ0n) is 7.42. The maximum atomic E-state index is 10.7. The van der Waals surface area contributed by atoms with E-state index in [1.165, 1.54) is 6.92 Å². The topological polar surface area (TPSA) is 55.1 Å². The van der Waals surface area contributed by atoms with Crippen molar-refractivity contribution in [2.45, 2.75) is 13.8 Å². The Morgan fingerprint density at radius 2 is 2.08 bits per heavy atom. The third kappa shape index (κ3) is 4.33. The molecule has 0 rings (SSSR count). The minimum absolute atomic E-state index is 0.136. The summed E-state index contributed by atoms with van der Waals surface area (Å²) in [6, 6.07) is 0. The molecule has 0 aliphatic carbocycles. The fourth-order valence-electron chi connectivity index (χ4n) is 0.626. The van der Waals surface area contributed by atoms with Crippen LogP contribution in [0, 0.1) is 0 Å². The zero-order chi connectivity index (χ0) is 9.56. The number of rotatable bonds is 3. The highest BCUT2D eigenvalue weighted by molar-refractivity contribution is 5.75. The normalized spacial score (nSPS) is 12.5. The largest absolute Gasteiger partial charge is 0.401 e. The number of carbonyl (C=O) groups excluding carboxylic acids is 1. The van der Waals surface area contributed by atoms with Gasteiger partial charge in [-0.05, 0) is 13.0 Å². The van der Waals surface area contributed by atoms with E-state index >= 15 is 0 Å². The molecule has 0 atom stereocenters. The van der Waals surface area contributed by atoms with Gasteiger partial charge >= 0.3 is 0 Å². The Bertz CT molecular complexity index is 235. The van der Waals surface area contributed by atoms with Crippen molar-refractivity contribution in [3.63, 3.8) is 0 Å². The third-order valence-corrected chi connectivity index (χ3v) is 1.13. The standard InChI is InChI=1S/C9H14N2O/c1-4-5-6-9(7(2)10)11-8(3)12/h4-6H,1,10H2,2-3H3,(H,11,12)/b6-5-,9-7-. The van der Waals surface area contributed by atoms with Gasteiger partial charge in [-0.2, -0.15) is 0 Å². The highest BCUT2D eigenvalue weighted by Crippen LogP contribution is 1.96. The summed E-state index contributed by atoms with van der Waals surface area (Å²) < 4.78 is 0. The maximum absolute atomic E-state index is 10.7. The fraction of sp³-hybridized carbons (Fsp3) is 0.222. The molecule has 0 fully saturated rings. The molecule has 0 aliphatic heterocycles. The summed E-state index contributed by atoms with van der Waals surface area (Å²) >= 11 is 0. The smallest absolute Gasteiger partial charge is 0.221 e. The van der Waals surface area contributed by atoms with Crippen molar-refractivity contribution in [3.8, 4) is 0 Å². The van der Waals surface area contributed by atoms with Crippen LogP contribution >= 0.6 is 0 Å². The number of amides is 1. The van der Waals surface area contributed by atoms with E-state index in [0.29, 0.717) is 11.4 Å². The summed E-state index contributed by atoms with van der Waals surface area (Å²) in [5.74, 6) is -0.136. The number of nitrogens with one attached hydrogen (secondary N) is 1. The quantitative estimate of drug-likeness (QED) is 0.616. The van der Waals surface area contributed by atoms with Crippen molar-refractivity contribution >= 4 is 5.91 Å². The predicted octanol–water partition coefficient (Wildman–Crippen LogP) is 1.05. The molecule has 0 unspecified atom stereocenters. The fourth-order valence-corrected chi connectivity index (χ4v) is 0.626. The van der Waals surface area contributed by atoms with E-state index in [0.717, 1.165) is 0 Å². The first-order valence-electron chi connectivity index (χ1n) is 3.61. The molecule has 1 amide bonds. The number of hydrogen-bond acceptors (Lipinski definition) is 2. The summed E-state index contributed by atoms with van der Waals surface area (Å²) in [6.07, 6.45) is 5.02. The first-order valence-corrected chi connectivity index (χ1v) is 3.61. The lowest BCUT2D eigenvalue weighted by atomic mass is 10.3. The van der Waals surface area contributed by atoms with E-state index in [1.807, 2.05) is 0 Å². The molecule has 0 saturated heterocycles. The molecule has 0 saturated carbocycles. The summed E-state index contributed by atoms with van der Waals surface area (Å²) in [7, 11) is 0. The summed E-state index contributed by atoms with van der Waals surface area (Å²) in [5, 5.41) is 2.60. The zero-order valence-corrected chi connectivity index (χ0v) is 7.42. The Balaban J connectivity index is 4.47. The van der Waals surface area contributed by atoms with Gasteiger partial charge < -0.3 is 11.1 Å². The highest BCUT2D eigenvalue weighted by atomic mass is 16.1. The molecule has 12 heavy (non-hydrogen) atoms. The Hall–Kier alpha value is -1.51. The Morgan fingerprint density at radius 3 is 2.42 bits per heavy atom. The summed E-state index contributed by atoms with van der Waals surface area (Å²) in [6.45, 7) is 6.66. The second-order valence-corrected chi connectivity index (χ2v) is 2.37. The molecule has 0 spiro atoms. The van der Waals surface area contributed by atoms with Gasteiger partial charge in [0.15, 0.2) is 0 Å². The van der Waals surface area contributed by atoms with Crippen molar-refractivity contribution in [1.29, 1.82) is 0 Å². The van der Waals surface area contributed by atoms with Gasteiger partial charge in [-0.3, -0.25) is 4.79 Å². The number of allylic oxidation sites excluding steroid dienone is 4. The van der Waals surface area contributed by atoms with Gasteiger partial charge in [0.05, 0.1) is 5.70 Å². The highest BCUT2D eigenvalue weighted by Gasteiger charge is 1.96. The van der Waals surface area contributed by atoms with E-state index in [2.05, 4.69) is 11.9 Å². The van der Waals surface area contributed by atoms with E-state index in [1.54, 1.807) is 25.2 Å². The SMILES string of the molecule is C=C/C=C\C(NC(C)=O)=C(/C)N. The van der Waals surface area contributed by atoms with Crippen LogP contribution in [0.2, 0.25) is 0 Å². The van der Waals surface area contributed by atoms with Crippen molar-refractivity contribution in [2.75, 3.05) is 0 Å². The van der Waals surface area contributed by atoms with Gasteiger partial charge in [-0.15, -0.1) is 0 Å². The van der Waals surface area contributed by atoms with E-state index in [-0.39, 0.29) is 5.91 Å². The second kappa shape index (κ2) is 5.18. The van der Waals surface area contributed by atoms with Crippen LogP contribution in [-0.4, -0.2) is 5.91 Å². The molecule has 0 aromatic carbocycles. The van der Waals surface area contributed by atoms with Gasteiger partial charge in [-0.25, -0.2) is 0 Å². The Kier molecular flexibility index (Phi) is 4.53. The molecule has 3 nitrogen and oxygen atoms in total. The van der Waals surface area contributed by atoms with Crippen LogP contribution < -0.4 is 11.1 Å². The average Bonchev–Trinajstić information content (AvgIpc) is 1.96. The van der Waals surface area contributed by atoms with Crippen molar-refractivity contribution in [2.24, 2.45) is 5.73 Å². The van der Waals surface area contributed by atoms with Crippen LogP contribution in [0.3, 0.4) is 0 Å². The minimum Gasteiger partial charge on any atom is -0.401 e. The predicted molar refractivity (Wildman–Crippen MR) is 50.0 cm³/mol. The van der Waals surface area contributed by atoms with Crippen molar-refractivity contribution < 1.29 is 4.79 Å². The monoisotopic (exact) mass is 166 g/mol. The van der Waals surface area contributed by atoms with Crippen molar-refractivity contribution in [3.05, 3.63) is 36.2 Å². The second-order valence-electron chi connectivity index (χ2n) is 2.37. The molecule has 0 heterocycles. The van der Waals surface area contributed by atoms with Crippen LogP contribution in [0.15, 0.2) is 36.2 Å². The molecule has 0 radical (unpaired) electrons. The van der Waals surface area contributed by atoms with Gasteiger partial charge in [0.2, 0.25) is 5.91 Å². The maximum Gasteiger partial charge on any atom is 0.221 e. The number of nitrogens with two attached hydrogens (primary N) is 1. The molecule has 0 aliphatic rings. The van der Waals surface area contributed by atoms with Crippen LogP contribution in [0.5, 0.6) is 0 Å². The Morgan fingerprint density at radius 1 is 1.50 bits per heavy atom. The molecule has 3 N–H and O–H groups in total. The lowest BCUT2D eigenvalue weighted by Crippen LogP contribution is -2.20. The molecule has 66 valence electrons. The first-order chi connectivity index (χ1) is 5.57. The number of hydrogen-bond donors (Lipinski definition) is 2. The summed E-state index contributed by atoms with van der Waals surface area (Å²) in [5.41, 5.74) is 6.69. The van der Waals surface area contributed by atoms with Crippen LogP contribution in [0.1, 0.15) is 13.8 Å². The van der Waals surface area contributed by atoms with Crippen LogP contribution in [0.4, 0.5) is 0 Å². The van der Waals surface area contributed by atoms with Crippen molar-refractivity contribution in [1.82, 2.24) is 5.32 Å². The first kappa shape index (κ1) is 10.5. The van der Waals surface area contributed by atoms with E-state index in [9.17, 15) is 4.79 Å². The van der Waals surface area contributed by atoms with Gasteiger partial charge in [0, 0.05) is 12.6 Å². The molecule has 3 heteroatoms. The molecule has 0 aromatic rings. The third-order valence-electron chi connectivity index (χ3n) is 1.13. The summed E-state index contributed by atoms with van der Waals surface area (Å²) in [4.78, 5) is 10.7. The van der Waals surface area contributed by atoms with Gasteiger partial charge in [0.1, 0.15) is 0 Å². The van der Waals surface area contributed by atoms with E-state index < -0.39 is 0 Å².